The molecule has 0 N–H and O–H groups in total. The zero-order valence-corrected chi connectivity index (χ0v) is 17.9. The van der Waals surface area contributed by atoms with Crippen molar-refractivity contribution in [3.63, 3.8) is 0 Å². The summed E-state index contributed by atoms with van der Waals surface area (Å²) >= 11 is 0. The number of carbonyl (C=O) groups is 2. The smallest absolute Gasteiger partial charge is 0.341 e. The van der Waals surface area contributed by atoms with Crippen LogP contribution in [0.25, 0.3) is 16.5 Å². The molecule has 1 aliphatic carbocycles. The predicted molar refractivity (Wildman–Crippen MR) is 114 cm³/mol. The van der Waals surface area contributed by atoms with Crippen LogP contribution < -0.4 is 0 Å². The summed E-state index contributed by atoms with van der Waals surface area (Å²) in [5.74, 6) is -0.751. The fourth-order valence-corrected chi connectivity index (χ4v) is 5.02. The van der Waals surface area contributed by atoms with E-state index >= 15 is 0 Å². The maximum absolute atomic E-state index is 14.1. The molecule has 0 spiro atoms. The van der Waals surface area contributed by atoms with Crippen molar-refractivity contribution in [2.24, 2.45) is 13.0 Å². The van der Waals surface area contributed by atoms with E-state index in [1.807, 2.05) is 18.5 Å². The highest BCUT2D eigenvalue weighted by molar-refractivity contribution is 6.18. The largest absolute Gasteiger partial charge is 0.462 e. The Morgan fingerprint density at radius 3 is 2.63 bits per heavy atom. The molecular weight excluding hydrogens is 383 g/mol. The minimum atomic E-state index is -0.458. The standard InChI is InChI=1S/C24H29FN2O3/c1-4-30-24(29)19-14-27(23(28)16-8-6-5-7-9-16)13-15(2)21-18-12-17(25)10-11-20(18)26(3)22(19)21/h10-12,14-16H,4-9,13H2,1-3H3. The minimum absolute atomic E-state index is 0.000969. The molecule has 1 unspecified atom stereocenters. The van der Waals surface area contributed by atoms with Crippen molar-refractivity contribution in [2.45, 2.75) is 51.9 Å². The number of hydrogen-bond acceptors (Lipinski definition) is 3. The molecule has 2 heterocycles. The Balaban J connectivity index is 1.86. The Hall–Kier alpha value is -2.63. The van der Waals surface area contributed by atoms with Crippen LogP contribution in [-0.4, -0.2) is 34.5 Å². The van der Waals surface area contributed by atoms with Crippen LogP contribution in [0, 0.1) is 11.7 Å². The molecule has 4 rings (SSSR count). The van der Waals surface area contributed by atoms with Crippen LogP contribution in [0.4, 0.5) is 4.39 Å². The number of carbonyl (C=O) groups excluding carboxylic acids is 2. The second-order valence-electron chi connectivity index (χ2n) is 8.47. The van der Waals surface area contributed by atoms with Gasteiger partial charge in [-0.15, -0.1) is 0 Å². The monoisotopic (exact) mass is 412 g/mol. The molecular formula is C24H29FN2O3. The number of aryl methyl sites for hydroxylation is 1. The van der Waals surface area contributed by atoms with Crippen molar-refractivity contribution >= 4 is 28.4 Å². The van der Waals surface area contributed by atoms with Crippen molar-refractivity contribution in [2.75, 3.05) is 13.2 Å². The van der Waals surface area contributed by atoms with E-state index in [0.717, 1.165) is 42.1 Å². The van der Waals surface area contributed by atoms with Gasteiger partial charge >= 0.3 is 5.97 Å². The molecule has 6 heteroatoms. The van der Waals surface area contributed by atoms with Crippen molar-refractivity contribution in [1.29, 1.82) is 0 Å². The number of ether oxygens (including phenoxy) is 1. The first-order valence-electron chi connectivity index (χ1n) is 10.9. The molecule has 2 aliphatic rings. The number of rotatable bonds is 3. The summed E-state index contributed by atoms with van der Waals surface area (Å²) < 4.78 is 21.3. The molecule has 0 radical (unpaired) electrons. The van der Waals surface area contributed by atoms with Crippen LogP contribution in [0.15, 0.2) is 24.4 Å². The summed E-state index contributed by atoms with van der Waals surface area (Å²) in [5, 5.41) is 0.780. The molecule has 30 heavy (non-hydrogen) atoms. The van der Waals surface area contributed by atoms with E-state index in [-0.39, 0.29) is 30.2 Å². The Kier molecular flexibility index (Phi) is 5.67. The average Bonchev–Trinajstić information content (AvgIpc) is 2.92. The molecule has 1 fully saturated rings. The first kappa shape index (κ1) is 20.6. The number of esters is 1. The lowest BCUT2D eigenvalue weighted by atomic mass is 9.88. The second kappa shape index (κ2) is 8.25. The molecule has 1 aromatic carbocycles. The number of amides is 1. The van der Waals surface area contributed by atoms with Crippen molar-refractivity contribution in [3.05, 3.63) is 41.5 Å². The third-order valence-electron chi connectivity index (χ3n) is 6.44. The van der Waals surface area contributed by atoms with Gasteiger partial charge in [0.2, 0.25) is 5.91 Å². The summed E-state index contributed by atoms with van der Waals surface area (Å²) in [7, 11) is 1.87. The van der Waals surface area contributed by atoms with Gasteiger partial charge in [-0.3, -0.25) is 4.79 Å². The molecule has 1 atom stereocenters. The van der Waals surface area contributed by atoms with Crippen LogP contribution in [0.3, 0.4) is 0 Å². The Bertz CT molecular complexity index is 1020. The van der Waals surface area contributed by atoms with Crippen LogP contribution in [0.1, 0.15) is 63.1 Å². The number of hydrogen-bond donors (Lipinski definition) is 0. The SMILES string of the molecule is CCOC(=O)C1=CN(C(=O)C2CCCCC2)CC(C)c2c1n(C)c1ccc(F)cc21. The van der Waals surface area contributed by atoms with Crippen LogP contribution in [0.2, 0.25) is 0 Å². The first-order chi connectivity index (χ1) is 14.4. The number of nitrogens with zero attached hydrogens (tertiary/aromatic N) is 2. The van der Waals surface area contributed by atoms with Gasteiger partial charge in [-0.1, -0.05) is 26.2 Å². The Morgan fingerprint density at radius 1 is 1.20 bits per heavy atom. The van der Waals surface area contributed by atoms with Crippen molar-refractivity contribution in [3.8, 4) is 0 Å². The molecule has 1 saturated carbocycles. The summed E-state index contributed by atoms with van der Waals surface area (Å²) in [6.07, 6.45) is 6.77. The van der Waals surface area contributed by atoms with Gasteiger partial charge in [0.15, 0.2) is 0 Å². The van der Waals surface area contributed by atoms with Gasteiger partial charge in [0.25, 0.3) is 0 Å². The molecule has 1 aromatic heterocycles. The highest BCUT2D eigenvalue weighted by atomic mass is 19.1. The molecule has 0 saturated heterocycles. The Labute approximate surface area is 176 Å². The summed E-state index contributed by atoms with van der Waals surface area (Å²) in [5.41, 5.74) is 2.82. The van der Waals surface area contributed by atoms with E-state index in [1.165, 1.54) is 18.6 Å². The zero-order chi connectivity index (χ0) is 21.4. The van der Waals surface area contributed by atoms with E-state index in [9.17, 15) is 14.0 Å². The highest BCUT2D eigenvalue weighted by Gasteiger charge is 2.34. The molecule has 1 aliphatic heterocycles. The van der Waals surface area contributed by atoms with E-state index < -0.39 is 5.97 Å². The lowest BCUT2D eigenvalue weighted by Crippen LogP contribution is -2.35. The lowest BCUT2D eigenvalue weighted by Gasteiger charge is -2.28. The van der Waals surface area contributed by atoms with Gasteiger partial charge in [0, 0.05) is 42.5 Å². The number of aromatic nitrogens is 1. The van der Waals surface area contributed by atoms with Gasteiger partial charge in [-0.05, 0) is 43.5 Å². The molecule has 5 nitrogen and oxygen atoms in total. The van der Waals surface area contributed by atoms with Crippen molar-refractivity contribution in [1.82, 2.24) is 9.47 Å². The Morgan fingerprint density at radius 2 is 1.93 bits per heavy atom. The fraction of sp³-hybridized carbons (Fsp3) is 0.500. The summed E-state index contributed by atoms with van der Waals surface area (Å²) in [4.78, 5) is 28.0. The predicted octanol–water partition coefficient (Wildman–Crippen LogP) is 4.75. The summed E-state index contributed by atoms with van der Waals surface area (Å²) in [6.45, 7) is 4.50. The highest BCUT2D eigenvalue weighted by Crippen LogP contribution is 2.39. The first-order valence-corrected chi connectivity index (χ1v) is 10.9. The fourth-order valence-electron chi connectivity index (χ4n) is 5.02. The van der Waals surface area contributed by atoms with Crippen LogP contribution >= 0.6 is 0 Å². The van der Waals surface area contributed by atoms with Crippen LogP contribution in [0.5, 0.6) is 0 Å². The maximum atomic E-state index is 14.1. The van der Waals surface area contributed by atoms with Gasteiger partial charge in [0.1, 0.15) is 5.82 Å². The minimum Gasteiger partial charge on any atom is -0.462 e. The zero-order valence-electron chi connectivity index (χ0n) is 17.9. The molecule has 0 bridgehead atoms. The molecule has 1 amide bonds. The maximum Gasteiger partial charge on any atom is 0.341 e. The van der Waals surface area contributed by atoms with Gasteiger partial charge in [-0.2, -0.15) is 0 Å². The third kappa shape index (κ3) is 3.53. The normalized spacial score (nSPS) is 19.9. The summed E-state index contributed by atoms with van der Waals surface area (Å²) in [6, 6.07) is 4.69. The van der Waals surface area contributed by atoms with Gasteiger partial charge in [0.05, 0.1) is 17.9 Å². The van der Waals surface area contributed by atoms with E-state index in [0.29, 0.717) is 17.8 Å². The molecule has 160 valence electrons. The quantitative estimate of drug-likeness (QED) is 0.684. The van der Waals surface area contributed by atoms with Crippen LogP contribution in [-0.2, 0) is 21.4 Å². The lowest BCUT2D eigenvalue weighted by molar-refractivity contribution is -0.136. The van der Waals surface area contributed by atoms with E-state index in [4.69, 9.17) is 4.74 Å². The topological polar surface area (TPSA) is 51.5 Å². The number of halogens is 1. The second-order valence-corrected chi connectivity index (χ2v) is 8.47. The average molecular weight is 413 g/mol. The number of fused-ring (bicyclic) bond motifs is 3. The third-order valence-corrected chi connectivity index (χ3v) is 6.44. The van der Waals surface area contributed by atoms with Crippen molar-refractivity contribution < 1.29 is 18.7 Å². The molecule has 2 aromatic rings. The van der Waals surface area contributed by atoms with E-state index in [2.05, 4.69) is 0 Å². The van der Waals surface area contributed by atoms with E-state index in [1.54, 1.807) is 24.1 Å². The van der Waals surface area contributed by atoms with Gasteiger partial charge < -0.3 is 14.2 Å². The number of benzene rings is 1. The van der Waals surface area contributed by atoms with Gasteiger partial charge in [-0.25, -0.2) is 9.18 Å².